The van der Waals surface area contributed by atoms with Crippen LogP contribution in [0.5, 0.6) is 0 Å². The van der Waals surface area contributed by atoms with Crippen LogP contribution >= 0.6 is 0 Å². The van der Waals surface area contributed by atoms with Gasteiger partial charge in [-0.05, 0) is 38.1 Å². The quantitative estimate of drug-likeness (QED) is 0.791. The summed E-state index contributed by atoms with van der Waals surface area (Å²) in [5.41, 5.74) is 1.37. The minimum atomic E-state index is -0.360. The molecule has 0 spiro atoms. The van der Waals surface area contributed by atoms with E-state index in [1.165, 1.54) is 0 Å². The lowest BCUT2D eigenvalue weighted by molar-refractivity contribution is 0.0378. The maximum Gasteiger partial charge on any atom is 0.342 e. The molecule has 5 nitrogen and oxygen atoms in total. The highest BCUT2D eigenvalue weighted by Gasteiger charge is 2.18. The standard InChI is InChI=1S/C16H19N3O2/c1-12(2)21-16(20)14-8-6-10-18-15(14)19(3)11-13-7-4-5-9-17-13/h4-10,12H,11H2,1-3H3. The molecule has 0 aliphatic rings. The van der Waals surface area contributed by atoms with E-state index < -0.39 is 0 Å². The van der Waals surface area contributed by atoms with Crippen LogP contribution in [0.15, 0.2) is 42.7 Å². The summed E-state index contributed by atoms with van der Waals surface area (Å²) in [6, 6.07) is 9.20. The topological polar surface area (TPSA) is 55.3 Å². The number of rotatable bonds is 5. The number of nitrogens with zero attached hydrogens (tertiary/aromatic N) is 3. The number of ether oxygens (including phenoxy) is 1. The molecule has 0 bridgehead atoms. The lowest BCUT2D eigenvalue weighted by Gasteiger charge is -2.20. The van der Waals surface area contributed by atoms with Crippen LogP contribution in [0.1, 0.15) is 29.9 Å². The Balaban J connectivity index is 2.21. The highest BCUT2D eigenvalue weighted by Crippen LogP contribution is 2.19. The molecule has 0 aliphatic carbocycles. The summed E-state index contributed by atoms with van der Waals surface area (Å²) in [5, 5.41) is 0. The zero-order valence-corrected chi connectivity index (χ0v) is 12.5. The van der Waals surface area contributed by atoms with Crippen LogP contribution in [-0.2, 0) is 11.3 Å². The van der Waals surface area contributed by atoms with Crippen LogP contribution in [-0.4, -0.2) is 29.1 Å². The summed E-state index contributed by atoms with van der Waals surface area (Å²) in [4.78, 5) is 22.6. The third-order valence-electron chi connectivity index (χ3n) is 2.84. The van der Waals surface area contributed by atoms with Gasteiger partial charge < -0.3 is 9.64 Å². The second kappa shape index (κ2) is 6.83. The van der Waals surface area contributed by atoms with Crippen molar-refractivity contribution in [1.82, 2.24) is 9.97 Å². The second-order valence-corrected chi connectivity index (χ2v) is 5.01. The van der Waals surface area contributed by atoms with Crippen LogP contribution in [0, 0.1) is 0 Å². The number of anilines is 1. The van der Waals surface area contributed by atoms with E-state index in [2.05, 4.69) is 9.97 Å². The summed E-state index contributed by atoms with van der Waals surface area (Å²) in [7, 11) is 1.88. The molecular formula is C16H19N3O2. The first kappa shape index (κ1) is 15.0. The van der Waals surface area contributed by atoms with Gasteiger partial charge in [0.25, 0.3) is 0 Å². The van der Waals surface area contributed by atoms with Gasteiger partial charge in [-0.3, -0.25) is 4.98 Å². The fourth-order valence-electron chi connectivity index (χ4n) is 1.95. The molecule has 110 valence electrons. The Labute approximate surface area is 124 Å². The molecule has 0 aliphatic heterocycles. The number of esters is 1. The van der Waals surface area contributed by atoms with Gasteiger partial charge in [-0.25, -0.2) is 9.78 Å². The Morgan fingerprint density at radius 2 is 1.95 bits per heavy atom. The van der Waals surface area contributed by atoms with E-state index in [0.29, 0.717) is 17.9 Å². The van der Waals surface area contributed by atoms with Crippen molar-refractivity contribution < 1.29 is 9.53 Å². The predicted molar refractivity (Wildman–Crippen MR) is 81.1 cm³/mol. The van der Waals surface area contributed by atoms with Crippen LogP contribution < -0.4 is 4.90 Å². The molecule has 2 heterocycles. The van der Waals surface area contributed by atoms with E-state index in [1.54, 1.807) is 24.5 Å². The van der Waals surface area contributed by atoms with E-state index in [1.807, 2.05) is 44.0 Å². The summed E-state index contributed by atoms with van der Waals surface area (Å²) in [6.45, 7) is 4.22. The van der Waals surface area contributed by atoms with Crippen molar-refractivity contribution in [3.8, 4) is 0 Å². The largest absolute Gasteiger partial charge is 0.459 e. The summed E-state index contributed by atoms with van der Waals surface area (Å²) >= 11 is 0. The fourth-order valence-corrected chi connectivity index (χ4v) is 1.95. The monoisotopic (exact) mass is 285 g/mol. The third-order valence-corrected chi connectivity index (χ3v) is 2.84. The summed E-state index contributed by atoms with van der Waals surface area (Å²) in [6.07, 6.45) is 3.25. The molecule has 0 amide bonds. The second-order valence-electron chi connectivity index (χ2n) is 5.01. The van der Waals surface area contributed by atoms with Crippen molar-refractivity contribution in [3.05, 3.63) is 54.0 Å². The van der Waals surface area contributed by atoms with Gasteiger partial charge in [-0.1, -0.05) is 6.07 Å². The average molecular weight is 285 g/mol. The Hall–Kier alpha value is -2.43. The van der Waals surface area contributed by atoms with E-state index >= 15 is 0 Å². The van der Waals surface area contributed by atoms with E-state index in [-0.39, 0.29) is 12.1 Å². The molecule has 5 heteroatoms. The molecule has 0 atom stereocenters. The molecule has 0 unspecified atom stereocenters. The first-order valence-corrected chi connectivity index (χ1v) is 6.85. The number of hydrogen-bond acceptors (Lipinski definition) is 5. The van der Waals surface area contributed by atoms with Gasteiger partial charge >= 0.3 is 5.97 Å². The van der Waals surface area contributed by atoms with Crippen molar-refractivity contribution >= 4 is 11.8 Å². The third kappa shape index (κ3) is 4.02. The number of pyridine rings is 2. The van der Waals surface area contributed by atoms with E-state index in [0.717, 1.165) is 5.69 Å². The molecule has 0 saturated heterocycles. The van der Waals surface area contributed by atoms with Gasteiger partial charge in [0.05, 0.1) is 18.3 Å². The Kier molecular flexibility index (Phi) is 4.87. The fraction of sp³-hybridized carbons (Fsp3) is 0.312. The van der Waals surface area contributed by atoms with Gasteiger partial charge in [0.1, 0.15) is 11.4 Å². The SMILES string of the molecule is CC(C)OC(=O)c1cccnc1N(C)Cc1ccccn1. The van der Waals surface area contributed by atoms with Gasteiger partial charge in [0, 0.05) is 19.4 Å². The van der Waals surface area contributed by atoms with Crippen molar-refractivity contribution in [1.29, 1.82) is 0 Å². The summed E-state index contributed by atoms with van der Waals surface area (Å²) in [5.74, 6) is 0.231. The highest BCUT2D eigenvalue weighted by atomic mass is 16.5. The molecule has 0 fully saturated rings. The van der Waals surface area contributed by atoms with Gasteiger partial charge in [0.15, 0.2) is 0 Å². The molecular weight excluding hydrogens is 266 g/mol. The normalized spacial score (nSPS) is 10.5. The van der Waals surface area contributed by atoms with Crippen molar-refractivity contribution in [2.75, 3.05) is 11.9 Å². The number of carbonyl (C=O) groups is 1. The zero-order chi connectivity index (χ0) is 15.2. The first-order valence-electron chi connectivity index (χ1n) is 6.85. The van der Waals surface area contributed by atoms with Crippen molar-refractivity contribution in [3.63, 3.8) is 0 Å². The lowest BCUT2D eigenvalue weighted by atomic mass is 10.2. The van der Waals surface area contributed by atoms with Gasteiger partial charge in [-0.15, -0.1) is 0 Å². The van der Waals surface area contributed by atoms with Crippen LogP contribution in [0.4, 0.5) is 5.82 Å². The first-order chi connectivity index (χ1) is 10.1. The molecule has 0 N–H and O–H groups in total. The average Bonchev–Trinajstić information content (AvgIpc) is 2.47. The Morgan fingerprint density at radius 1 is 1.19 bits per heavy atom. The molecule has 0 aromatic carbocycles. The maximum absolute atomic E-state index is 12.1. The summed E-state index contributed by atoms with van der Waals surface area (Å²) < 4.78 is 5.26. The number of aromatic nitrogens is 2. The number of hydrogen-bond donors (Lipinski definition) is 0. The highest BCUT2D eigenvalue weighted by molar-refractivity contribution is 5.94. The van der Waals surface area contributed by atoms with Crippen molar-refractivity contribution in [2.45, 2.75) is 26.5 Å². The zero-order valence-electron chi connectivity index (χ0n) is 12.5. The lowest BCUT2D eigenvalue weighted by Crippen LogP contribution is -2.22. The molecule has 0 radical (unpaired) electrons. The molecule has 2 aromatic rings. The molecule has 21 heavy (non-hydrogen) atoms. The molecule has 0 saturated carbocycles. The Morgan fingerprint density at radius 3 is 2.62 bits per heavy atom. The van der Waals surface area contributed by atoms with E-state index in [9.17, 15) is 4.79 Å². The van der Waals surface area contributed by atoms with Crippen LogP contribution in [0.25, 0.3) is 0 Å². The smallest absolute Gasteiger partial charge is 0.342 e. The van der Waals surface area contributed by atoms with Gasteiger partial charge in [0.2, 0.25) is 0 Å². The minimum Gasteiger partial charge on any atom is -0.459 e. The molecule has 2 rings (SSSR count). The van der Waals surface area contributed by atoms with Gasteiger partial charge in [-0.2, -0.15) is 0 Å². The number of carbonyl (C=O) groups excluding carboxylic acids is 1. The van der Waals surface area contributed by atoms with Crippen LogP contribution in [0.2, 0.25) is 0 Å². The van der Waals surface area contributed by atoms with Crippen LogP contribution in [0.3, 0.4) is 0 Å². The van der Waals surface area contributed by atoms with E-state index in [4.69, 9.17) is 4.74 Å². The molecule has 2 aromatic heterocycles. The predicted octanol–water partition coefficient (Wildman–Crippen LogP) is 2.68. The minimum absolute atomic E-state index is 0.161. The van der Waals surface area contributed by atoms with Crippen molar-refractivity contribution in [2.24, 2.45) is 0 Å². The maximum atomic E-state index is 12.1. The Bertz CT molecular complexity index is 599.